The fourth-order valence-electron chi connectivity index (χ4n) is 6.41. The van der Waals surface area contributed by atoms with Crippen molar-refractivity contribution in [1.82, 2.24) is 10.2 Å². The first-order valence-electron chi connectivity index (χ1n) is 14.7. The normalized spacial score (nSPS) is 23.2. The summed E-state index contributed by atoms with van der Waals surface area (Å²) in [4.78, 5) is 67.4. The molecule has 1 N–H and O–H groups in total. The maximum absolute atomic E-state index is 12.8. The lowest BCUT2D eigenvalue weighted by molar-refractivity contribution is -0.170. The number of amides is 4. The number of imide groups is 2. The lowest BCUT2D eigenvalue weighted by atomic mass is 9.56. The molecule has 2 aliphatic carbocycles. The van der Waals surface area contributed by atoms with E-state index in [1.54, 1.807) is 54.0 Å². The Morgan fingerprint density at radius 3 is 2.40 bits per heavy atom. The van der Waals surface area contributed by atoms with Gasteiger partial charge in [0.25, 0.3) is 11.8 Å². The Morgan fingerprint density at radius 2 is 1.71 bits per heavy atom. The molecule has 10 nitrogen and oxygen atoms in total. The Bertz CT molecular complexity index is 1360. The van der Waals surface area contributed by atoms with Crippen molar-refractivity contribution < 1.29 is 28.7 Å². The third-order valence-corrected chi connectivity index (χ3v) is 8.46. The van der Waals surface area contributed by atoms with Gasteiger partial charge in [-0.2, -0.15) is 0 Å². The number of carbonyl (C=O) groups is 5. The van der Waals surface area contributed by atoms with Crippen LogP contribution >= 0.6 is 0 Å². The van der Waals surface area contributed by atoms with Crippen LogP contribution in [-0.4, -0.2) is 52.5 Å². The van der Waals surface area contributed by atoms with E-state index in [1.807, 2.05) is 20.8 Å². The summed E-state index contributed by atoms with van der Waals surface area (Å²) in [7, 11) is 0. The van der Waals surface area contributed by atoms with Gasteiger partial charge in [-0.15, -0.1) is 0 Å². The van der Waals surface area contributed by atoms with Crippen LogP contribution in [0.3, 0.4) is 0 Å². The number of esters is 1. The zero-order chi connectivity index (χ0) is 30.1. The largest absolute Gasteiger partial charge is 0.460 e. The van der Waals surface area contributed by atoms with Crippen LogP contribution in [0.2, 0.25) is 0 Å². The van der Waals surface area contributed by atoms with Crippen molar-refractivity contribution in [1.29, 1.82) is 0 Å². The van der Waals surface area contributed by atoms with Crippen LogP contribution in [0.5, 0.6) is 0 Å². The van der Waals surface area contributed by atoms with Gasteiger partial charge in [0.15, 0.2) is 0 Å². The Morgan fingerprint density at radius 1 is 1.00 bits per heavy atom. The lowest BCUT2D eigenvalue weighted by Gasteiger charge is -2.49. The van der Waals surface area contributed by atoms with Crippen LogP contribution in [0.25, 0.3) is 0 Å². The molecule has 1 spiro atoms. The first kappa shape index (κ1) is 29.4. The van der Waals surface area contributed by atoms with Crippen LogP contribution in [0, 0.1) is 11.3 Å². The van der Waals surface area contributed by atoms with E-state index in [4.69, 9.17) is 4.74 Å². The van der Waals surface area contributed by atoms with Crippen molar-refractivity contribution >= 4 is 41.6 Å². The molecule has 2 saturated carbocycles. The molecule has 1 atom stereocenters. The summed E-state index contributed by atoms with van der Waals surface area (Å²) in [5.74, 6) is -1.85. The van der Waals surface area contributed by atoms with Gasteiger partial charge in [-0.25, -0.2) is 4.99 Å². The van der Waals surface area contributed by atoms with Crippen LogP contribution in [0.4, 0.5) is 5.69 Å². The number of piperidine rings is 1. The Hall–Kier alpha value is -4.08. The molecule has 42 heavy (non-hydrogen) atoms. The predicted octanol–water partition coefficient (Wildman–Crippen LogP) is 4.65. The quantitative estimate of drug-likeness (QED) is 0.411. The summed E-state index contributed by atoms with van der Waals surface area (Å²) < 4.78 is 5.44. The minimum Gasteiger partial charge on any atom is -0.460 e. The number of aliphatic imine (C=N–C) groups is 1. The molecule has 5 aliphatic rings. The summed E-state index contributed by atoms with van der Waals surface area (Å²) in [5, 5.41) is 2.18. The molecule has 3 fully saturated rings. The van der Waals surface area contributed by atoms with Crippen LogP contribution in [0.1, 0.15) is 99.3 Å². The van der Waals surface area contributed by atoms with Crippen molar-refractivity contribution in [2.24, 2.45) is 16.3 Å². The van der Waals surface area contributed by atoms with Gasteiger partial charge in [0, 0.05) is 24.5 Å². The van der Waals surface area contributed by atoms with Crippen LogP contribution in [-0.2, 0) is 19.1 Å². The van der Waals surface area contributed by atoms with Gasteiger partial charge in [-0.05, 0) is 88.6 Å². The smallest absolute Gasteiger partial charge is 0.309 e. The topological polar surface area (TPSA) is 125 Å². The van der Waals surface area contributed by atoms with E-state index in [2.05, 4.69) is 10.3 Å². The molecule has 3 aliphatic heterocycles. The van der Waals surface area contributed by atoms with E-state index in [0.29, 0.717) is 11.1 Å². The number of fused-ring (bicyclic) bond motifs is 1. The minimum atomic E-state index is -0.965. The number of anilines is 1. The first-order chi connectivity index (χ1) is 20.0. The number of nitrogens with one attached hydrogen (secondary N) is 1. The molecule has 1 saturated heterocycles. The summed E-state index contributed by atoms with van der Waals surface area (Å²) in [6.45, 7) is 5.83. The highest BCUT2D eigenvalue weighted by atomic mass is 16.6. The predicted molar refractivity (Wildman–Crippen MR) is 156 cm³/mol. The van der Waals surface area contributed by atoms with E-state index in [-0.39, 0.29) is 41.5 Å². The van der Waals surface area contributed by atoms with Crippen molar-refractivity contribution in [3.8, 4) is 0 Å². The molecule has 6 rings (SSSR count). The Kier molecular flexibility index (Phi) is 8.17. The van der Waals surface area contributed by atoms with E-state index < -0.39 is 29.7 Å². The van der Waals surface area contributed by atoms with Crippen molar-refractivity contribution in [2.75, 3.05) is 4.90 Å². The van der Waals surface area contributed by atoms with Crippen LogP contribution in [0.15, 0.2) is 47.7 Å². The van der Waals surface area contributed by atoms with Crippen molar-refractivity contribution in [3.05, 3.63) is 53.9 Å². The number of nitrogens with zero attached hydrogens (tertiary/aromatic N) is 3. The minimum absolute atomic E-state index is 0.0312. The molecule has 10 heteroatoms. The van der Waals surface area contributed by atoms with E-state index in [1.165, 1.54) is 32.1 Å². The molecule has 0 bridgehead atoms. The number of hydrogen-bond acceptors (Lipinski definition) is 8. The van der Waals surface area contributed by atoms with Gasteiger partial charge in [-0.3, -0.25) is 34.2 Å². The van der Waals surface area contributed by atoms with Gasteiger partial charge >= 0.3 is 5.97 Å². The average molecular weight is 575 g/mol. The van der Waals surface area contributed by atoms with E-state index in [0.717, 1.165) is 17.7 Å². The van der Waals surface area contributed by atoms with E-state index >= 15 is 0 Å². The second-order valence-electron chi connectivity index (χ2n) is 12.7. The first-order valence-corrected chi connectivity index (χ1v) is 14.7. The van der Waals surface area contributed by atoms with Gasteiger partial charge in [0.2, 0.25) is 11.8 Å². The number of hydrogen-bond donors (Lipinski definition) is 1. The summed E-state index contributed by atoms with van der Waals surface area (Å²) >= 11 is 0. The molecular formula is C32H38N4O6. The fourth-order valence-corrected chi connectivity index (χ4v) is 6.41. The number of rotatable bonds is 3. The highest BCUT2D eigenvalue weighted by molar-refractivity contribution is 6.23. The number of allylic oxidation sites excluding steroid dienone is 2. The molecule has 1 unspecified atom stereocenters. The second-order valence-corrected chi connectivity index (χ2v) is 12.7. The molecule has 3 heterocycles. The third-order valence-electron chi connectivity index (χ3n) is 8.46. The highest BCUT2D eigenvalue weighted by Crippen LogP contribution is 2.55. The van der Waals surface area contributed by atoms with E-state index in [9.17, 15) is 24.0 Å². The van der Waals surface area contributed by atoms with Gasteiger partial charge in [-0.1, -0.05) is 19.3 Å². The Balaban J connectivity index is 0.000000189. The Labute approximate surface area is 245 Å². The van der Waals surface area contributed by atoms with Gasteiger partial charge < -0.3 is 9.64 Å². The second kappa shape index (κ2) is 11.7. The number of benzene rings is 1. The monoisotopic (exact) mass is 574 g/mol. The summed E-state index contributed by atoms with van der Waals surface area (Å²) in [5.41, 5.74) is 1.35. The molecule has 1 aromatic rings. The van der Waals surface area contributed by atoms with Gasteiger partial charge in [0.1, 0.15) is 11.6 Å². The summed E-state index contributed by atoms with van der Waals surface area (Å²) in [6.07, 6.45) is 17.7. The number of carbonyl (C=O) groups excluding carboxylic acids is 5. The standard InChI is InChI=1S/C18H14N4O4.C14H24O2/c23-15-6-5-14(16(24)20-15)22-17(25)12-4-3-11(9-13(12)18(22)26)21-8-2-1-7-19-10-21;1-13(2,3)16-12(15)11-9-14(10-11)7-5-4-6-8-14/h1-4,7-10,14H,5-6H2,(H,20,23,24);11H,4-10H2,1-3H3. The average Bonchev–Trinajstić information content (AvgIpc) is 3.09. The zero-order valence-electron chi connectivity index (χ0n) is 24.4. The number of ether oxygens (including phenoxy) is 1. The molecule has 222 valence electrons. The lowest BCUT2D eigenvalue weighted by Crippen LogP contribution is -2.54. The van der Waals surface area contributed by atoms with Crippen molar-refractivity contribution in [3.63, 3.8) is 0 Å². The highest BCUT2D eigenvalue weighted by Gasteiger charge is 2.48. The maximum atomic E-state index is 12.8. The third kappa shape index (κ3) is 6.22. The van der Waals surface area contributed by atoms with Crippen LogP contribution < -0.4 is 10.2 Å². The molecule has 1 aromatic carbocycles. The molecule has 0 aromatic heterocycles. The maximum Gasteiger partial charge on any atom is 0.309 e. The molecular weight excluding hydrogens is 536 g/mol. The summed E-state index contributed by atoms with van der Waals surface area (Å²) in [6, 6.07) is 3.91. The molecule has 4 amide bonds. The van der Waals surface area contributed by atoms with Crippen molar-refractivity contribution in [2.45, 2.75) is 90.2 Å². The SMILES string of the molecule is CC(C)(C)OC(=O)C1CC2(CCCCC2)C1.O=C1CCC(N2C(=O)c3ccc(N4C=CC=CN=C4)cc3C2=O)C(=O)N1. The fraction of sp³-hybridized carbons (Fsp3) is 0.500. The zero-order valence-corrected chi connectivity index (χ0v) is 24.4. The van der Waals surface area contributed by atoms with Gasteiger partial charge in [0.05, 0.1) is 23.4 Å². The molecule has 0 radical (unpaired) electrons.